The average molecular weight is 1830 g/mol. The van der Waals surface area contributed by atoms with Crippen LogP contribution in [0, 0.1) is 37.8 Å². The van der Waals surface area contributed by atoms with Gasteiger partial charge in [0.25, 0.3) is 5.91 Å². The SMILES string of the molecule is CCOc1nc(-c2ccnc(NC(=O)CCc3ccccc3)c2)sc1-c1ncn[nH]1.CCOc1nc(-c2ccnc(NC(=O)c3c(F)cccc3F)c2)sc1-c1ncn[nH]1.Cc1ccc(COc2ccn3nc(C)c(-c4nc(-c5ccccc5)c(-c5ncn[nH]5)s4)c3c2)cn1.Cc1nn2ccc(OCCNC(=O)C(C)(C)C)cc2c1-c1nc(-c2ccccc2)c(-c2ncn[nH]2)s1. The molecule has 0 saturated carbocycles. The maximum absolute atomic E-state index is 13.8. The molecule has 0 spiro atoms. The number of halogens is 2. The molecule has 0 saturated heterocycles. The fraction of sp³-hybridized carbons (Fsp3) is 0.174. The summed E-state index contributed by atoms with van der Waals surface area (Å²) in [6, 6.07) is 51.9. The van der Waals surface area contributed by atoms with E-state index in [4.69, 9.17) is 34.0 Å². The smallest absolute Gasteiger partial charge is 0.262 e. The summed E-state index contributed by atoms with van der Waals surface area (Å²) in [5.41, 5.74) is 12.7. The molecule has 3 amide bonds. The van der Waals surface area contributed by atoms with Crippen LogP contribution in [0.1, 0.15) is 79.6 Å². The lowest BCUT2D eigenvalue weighted by Gasteiger charge is -2.17. The van der Waals surface area contributed by atoms with E-state index in [1.807, 2.05) is 216 Å². The Morgan fingerprint density at radius 2 is 0.931 bits per heavy atom. The van der Waals surface area contributed by atoms with Crippen molar-refractivity contribution in [3.05, 3.63) is 272 Å². The second kappa shape index (κ2) is 40.9. The van der Waals surface area contributed by atoms with Crippen LogP contribution in [-0.4, -0.2) is 159 Å². The number of hydrogen-bond donors (Lipinski definition) is 7. The van der Waals surface area contributed by atoms with E-state index in [9.17, 15) is 23.2 Å². The van der Waals surface area contributed by atoms with E-state index < -0.39 is 28.5 Å². The molecule has 19 aromatic rings. The molecule has 660 valence electrons. The number of aromatic amines is 4. The highest BCUT2D eigenvalue weighted by Gasteiger charge is 2.28. The van der Waals surface area contributed by atoms with Crippen LogP contribution in [-0.2, 0) is 22.6 Å². The molecule has 0 atom stereocenters. The third kappa shape index (κ3) is 21.4. The van der Waals surface area contributed by atoms with Crippen LogP contribution in [0.15, 0.2) is 226 Å². The topological polar surface area (TPSA) is 415 Å². The third-order valence-corrected chi connectivity index (χ3v) is 23.9. The molecular weight excluding hydrogens is 1750 g/mol. The fourth-order valence-electron chi connectivity index (χ4n) is 13.3. The molecule has 15 aromatic heterocycles. The lowest BCUT2D eigenvalue weighted by molar-refractivity contribution is -0.128. The zero-order chi connectivity index (χ0) is 90.9. The summed E-state index contributed by atoms with van der Waals surface area (Å²) in [5, 5.41) is 48.0. The highest BCUT2D eigenvalue weighted by Crippen LogP contribution is 2.46. The van der Waals surface area contributed by atoms with Crippen molar-refractivity contribution in [2.24, 2.45) is 5.41 Å². The van der Waals surface area contributed by atoms with E-state index in [0.717, 1.165) is 126 Å². The zero-order valence-corrected chi connectivity index (χ0v) is 74.8. The molecular formula is C92H82F2N26O7S4. The lowest BCUT2D eigenvalue weighted by atomic mass is 9.96. The number of rotatable bonds is 27. The number of ether oxygens (including phenoxy) is 4. The van der Waals surface area contributed by atoms with Crippen molar-refractivity contribution in [1.29, 1.82) is 0 Å². The van der Waals surface area contributed by atoms with Gasteiger partial charge >= 0.3 is 0 Å². The number of anilines is 2. The summed E-state index contributed by atoms with van der Waals surface area (Å²) in [6.45, 7) is 17.5. The van der Waals surface area contributed by atoms with E-state index in [1.165, 1.54) is 60.2 Å². The van der Waals surface area contributed by atoms with Crippen molar-refractivity contribution in [2.45, 2.75) is 74.8 Å². The molecule has 0 unspecified atom stereocenters. The minimum absolute atomic E-state index is 0.00388. The van der Waals surface area contributed by atoms with Crippen LogP contribution < -0.4 is 34.9 Å². The number of thiazole rings is 4. The van der Waals surface area contributed by atoms with E-state index in [0.29, 0.717) is 108 Å². The predicted molar refractivity (Wildman–Crippen MR) is 496 cm³/mol. The molecule has 0 aliphatic heterocycles. The number of amides is 3. The van der Waals surface area contributed by atoms with Crippen molar-refractivity contribution in [3.8, 4) is 131 Å². The Hall–Kier alpha value is -15.7. The van der Waals surface area contributed by atoms with Crippen molar-refractivity contribution in [2.75, 3.05) is 37.0 Å². The first-order valence-corrected chi connectivity index (χ1v) is 44.3. The van der Waals surface area contributed by atoms with Gasteiger partial charge in [0.1, 0.15) is 109 Å². The zero-order valence-electron chi connectivity index (χ0n) is 71.6. The number of aryl methyl sites for hydroxylation is 4. The third-order valence-electron chi connectivity index (χ3n) is 19.5. The molecule has 19 rings (SSSR count). The minimum Gasteiger partial charge on any atom is -0.492 e. The van der Waals surface area contributed by atoms with Gasteiger partial charge in [-0.2, -0.15) is 30.6 Å². The average Bonchev–Trinajstić information content (AvgIpc) is 1.62. The normalized spacial score (nSPS) is 11.1. The van der Waals surface area contributed by atoms with Crippen LogP contribution in [0.2, 0.25) is 0 Å². The molecule has 15 heterocycles. The second-order valence-corrected chi connectivity index (χ2v) is 33.8. The number of nitrogens with zero attached hydrogens (tertiary/aromatic N) is 19. The van der Waals surface area contributed by atoms with Crippen LogP contribution >= 0.6 is 45.3 Å². The quantitative estimate of drug-likeness (QED) is 0.0235. The molecule has 4 aromatic carbocycles. The van der Waals surface area contributed by atoms with Gasteiger partial charge in [-0.25, -0.2) is 67.7 Å². The van der Waals surface area contributed by atoms with Crippen molar-refractivity contribution in [3.63, 3.8) is 0 Å². The molecule has 0 aliphatic rings. The van der Waals surface area contributed by atoms with E-state index >= 15 is 0 Å². The Bertz CT molecular complexity index is 7070. The number of hydrogen-bond acceptors (Lipinski definition) is 28. The Morgan fingerprint density at radius 1 is 0.466 bits per heavy atom. The fourth-order valence-corrected chi connectivity index (χ4v) is 17.4. The first kappa shape index (κ1) is 88.7. The predicted octanol–water partition coefficient (Wildman–Crippen LogP) is 18.1. The number of carbonyl (C=O) groups excluding carboxylic acids is 3. The van der Waals surface area contributed by atoms with Crippen LogP contribution in [0.5, 0.6) is 23.3 Å². The summed E-state index contributed by atoms with van der Waals surface area (Å²) >= 11 is 5.86. The monoisotopic (exact) mass is 1830 g/mol. The summed E-state index contributed by atoms with van der Waals surface area (Å²) in [6.07, 6.45) is 15.6. The van der Waals surface area contributed by atoms with Crippen molar-refractivity contribution < 1.29 is 42.1 Å². The van der Waals surface area contributed by atoms with Gasteiger partial charge in [0.05, 0.1) is 74.4 Å². The van der Waals surface area contributed by atoms with Crippen LogP contribution in [0.4, 0.5) is 20.4 Å². The molecule has 33 nitrogen and oxygen atoms in total. The second-order valence-electron chi connectivity index (χ2n) is 29.8. The summed E-state index contributed by atoms with van der Waals surface area (Å²) in [5.74, 6) is 2.50. The number of H-pyrrole nitrogens is 4. The summed E-state index contributed by atoms with van der Waals surface area (Å²) < 4.78 is 54.6. The molecule has 0 radical (unpaired) electrons. The van der Waals surface area contributed by atoms with Gasteiger partial charge in [0.2, 0.25) is 23.6 Å². The molecule has 131 heavy (non-hydrogen) atoms. The number of benzene rings is 4. The van der Waals surface area contributed by atoms with Crippen molar-refractivity contribution in [1.82, 2.24) is 120 Å². The maximum Gasteiger partial charge on any atom is 0.262 e. The van der Waals surface area contributed by atoms with E-state index in [1.54, 1.807) is 47.1 Å². The van der Waals surface area contributed by atoms with Gasteiger partial charge in [-0.15, -0.1) is 45.3 Å². The number of carbonyl (C=O) groups is 3. The molecule has 0 aliphatic carbocycles. The summed E-state index contributed by atoms with van der Waals surface area (Å²) in [4.78, 5) is 88.9. The lowest BCUT2D eigenvalue weighted by Crippen LogP contribution is -2.37. The number of aromatic nitrogens is 23. The number of fused-ring (bicyclic) bond motifs is 2. The molecule has 39 heteroatoms. The standard InChI is InChI=1S/C26H27N7O2S.C26H21N7OS.C21H20N6O2S.C19H14F2N6O2S/c1-16-20(19-14-18(10-12-33(19)32-16)35-13-11-27-25(34)26(2,3)4)24-30-21(17-8-6-5-7-9-17)22(36-24)23-28-15-29-31-23;1-16-8-9-18(13-27-16)14-34-20-10-11-33-21(12-20)22(17(2)32-33)26-30-23(19-6-4-3-5-7-19)24(35-26)25-28-15-29-31-25;1-2-29-20-18(19-23-13-24-27-19)30-21(26-20)15-10-11-22-16(12-15)25-17(28)9-8-14-6-4-3-5-7-14;1-2-29-18-15(16-23-9-24-27-16)30-19(26-18)10-6-7-22-13(8-10)25-17(28)14-11(20)4-3-5-12(14)21/h5-10,12,14-15H,11,13H2,1-4H3,(H,27,34)(H,28,29,31);3-13,15H,14H2,1-2H3,(H,28,29,31);3-7,10-13H,2,8-9H2,1H3,(H,22,25,28)(H,23,24,27);3-9H,2H2,1H3,(H,22,25,28)(H,23,24,27). The Balaban J connectivity index is 0.000000128. The van der Waals surface area contributed by atoms with Crippen LogP contribution in [0.3, 0.4) is 0 Å². The van der Waals surface area contributed by atoms with Crippen molar-refractivity contribution >= 4 is 85.7 Å². The minimum atomic E-state index is -0.957. The largest absolute Gasteiger partial charge is 0.492 e. The Kier molecular flexibility index (Phi) is 27.7. The van der Waals surface area contributed by atoms with Gasteiger partial charge in [-0.1, -0.05) is 124 Å². The van der Waals surface area contributed by atoms with E-state index in [2.05, 4.69) is 107 Å². The highest BCUT2D eigenvalue weighted by molar-refractivity contribution is 7.20. The molecule has 0 fully saturated rings. The van der Waals surface area contributed by atoms with E-state index in [-0.39, 0.29) is 17.6 Å². The summed E-state index contributed by atoms with van der Waals surface area (Å²) in [7, 11) is 0. The maximum atomic E-state index is 13.8. The van der Waals surface area contributed by atoms with Gasteiger partial charge < -0.3 is 34.9 Å². The van der Waals surface area contributed by atoms with Gasteiger partial charge in [-0.05, 0) is 101 Å². The highest BCUT2D eigenvalue weighted by atomic mass is 32.1. The molecule has 7 N–H and O–H groups in total. The Labute approximate surface area is 762 Å². The Morgan fingerprint density at radius 3 is 1.39 bits per heavy atom. The number of nitrogens with one attached hydrogen (secondary N) is 7. The van der Waals surface area contributed by atoms with Gasteiger partial charge in [-0.3, -0.25) is 39.8 Å². The van der Waals surface area contributed by atoms with Crippen LogP contribution in [0.25, 0.3) is 119 Å². The van der Waals surface area contributed by atoms with Gasteiger partial charge in [0, 0.05) is 88.5 Å². The first-order chi connectivity index (χ1) is 63.7. The first-order valence-electron chi connectivity index (χ1n) is 41.0. The van der Waals surface area contributed by atoms with Gasteiger partial charge in [0.15, 0.2) is 23.3 Å². The number of pyridine rings is 5. The molecule has 0 bridgehead atoms.